The first-order chi connectivity index (χ1) is 21.9. The first-order valence-electron chi connectivity index (χ1n) is 15.6. The van der Waals surface area contributed by atoms with E-state index in [0.717, 1.165) is 11.3 Å². The largest absolute Gasteiger partial charge is 0.410 e. The van der Waals surface area contributed by atoms with Gasteiger partial charge in [-0.1, -0.05) is 76.9 Å². The Morgan fingerprint density at radius 3 is 2.32 bits per heavy atom. The van der Waals surface area contributed by atoms with Crippen LogP contribution in [0.15, 0.2) is 42.9 Å². The maximum atomic E-state index is 13.9. The maximum Gasteiger partial charge on any atom is 0.335 e. The van der Waals surface area contributed by atoms with Gasteiger partial charge in [0, 0.05) is 29.9 Å². The fraction of sp³-hybridized carbons (Fsp3) is 0.531. The van der Waals surface area contributed by atoms with Crippen LogP contribution in [0.5, 0.6) is 0 Å². The number of ketones is 1. The lowest BCUT2D eigenvalue weighted by molar-refractivity contribution is 0.0678. The minimum atomic E-state index is -4.00. The highest BCUT2D eigenvalue weighted by molar-refractivity contribution is 7.84. The average molecular weight is 744 g/mol. The lowest BCUT2D eigenvalue weighted by Crippen LogP contribution is -2.52. The van der Waals surface area contributed by atoms with Gasteiger partial charge in [0.15, 0.2) is 0 Å². The molecular formula is C32H44Cl2N4O6S2Si. The molecule has 1 aromatic carbocycles. The van der Waals surface area contributed by atoms with Gasteiger partial charge < -0.3 is 14.8 Å². The van der Waals surface area contributed by atoms with Crippen LogP contribution in [0.2, 0.25) is 26.0 Å². The molecule has 0 spiro atoms. The second-order valence-corrected chi connectivity index (χ2v) is 22.1. The Morgan fingerprint density at radius 1 is 1.09 bits per heavy atom. The molecule has 4 atom stereocenters. The predicted octanol–water partition coefficient (Wildman–Crippen LogP) is 7.32. The molecule has 2 aromatic heterocycles. The van der Waals surface area contributed by atoms with Crippen LogP contribution < -0.4 is 10.0 Å². The summed E-state index contributed by atoms with van der Waals surface area (Å²) in [5.74, 6) is -0.0889. The summed E-state index contributed by atoms with van der Waals surface area (Å²) in [7, 11) is -5.10. The predicted molar refractivity (Wildman–Crippen MR) is 190 cm³/mol. The Bertz CT molecular complexity index is 1660. The molecule has 0 aliphatic heterocycles. The van der Waals surface area contributed by atoms with Gasteiger partial charge in [-0.25, -0.2) is 9.97 Å². The van der Waals surface area contributed by atoms with Crippen molar-refractivity contribution in [2.75, 3.05) is 12.4 Å². The highest BCUT2D eigenvalue weighted by Gasteiger charge is 2.50. The Labute approximate surface area is 293 Å². The van der Waals surface area contributed by atoms with Crippen LogP contribution in [-0.4, -0.2) is 62.9 Å². The van der Waals surface area contributed by atoms with Gasteiger partial charge in [-0.05, 0) is 60.2 Å². The number of nitrogens with one attached hydrogen (secondary N) is 2. The summed E-state index contributed by atoms with van der Waals surface area (Å²) in [6.45, 7) is 14.6. The Kier molecular flexibility index (Phi) is 12.0. The Balaban J connectivity index is 1.63. The summed E-state index contributed by atoms with van der Waals surface area (Å²) < 4.78 is 40.2. The van der Waals surface area contributed by atoms with E-state index in [-0.39, 0.29) is 38.3 Å². The molecule has 0 bridgehead atoms. The monoisotopic (exact) mass is 742 g/mol. The molecule has 15 heteroatoms. The summed E-state index contributed by atoms with van der Waals surface area (Å²) in [4.78, 5) is 22.7. The van der Waals surface area contributed by atoms with E-state index in [2.05, 4.69) is 61.5 Å². The number of thiophene rings is 1. The van der Waals surface area contributed by atoms with E-state index in [4.69, 9.17) is 31.8 Å². The second-order valence-electron chi connectivity index (χ2n) is 13.1. The maximum absolute atomic E-state index is 13.9. The van der Waals surface area contributed by atoms with Crippen molar-refractivity contribution in [3.05, 3.63) is 73.8 Å². The number of carbonyl (C=O) groups is 1. The van der Waals surface area contributed by atoms with Gasteiger partial charge >= 0.3 is 10.3 Å². The Hall–Kier alpha value is -1.94. The molecule has 0 unspecified atom stereocenters. The van der Waals surface area contributed by atoms with E-state index in [1.807, 2.05) is 0 Å². The minimum absolute atomic E-state index is 0.208. The molecule has 0 saturated heterocycles. The zero-order valence-electron chi connectivity index (χ0n) is 27.9. The summed E-state index contributed by atoms with van der Waals surface area (Å²) in [6.07, 6.45) is 2.27. The number of nitrogens with zero attached hydrogens (tertiary/aromatic N) is 2. The van der Waals surface area contributed by atoms with Gasteiger partial charge in [-0.3, -0.25) is 8.98 Å². The molecule has 1 fully saturated rings. The van der Waals surface area contributed by atoms with E-state index >= 15 is 0 Å². The third-order valence-electron chi connectivity index (χ3n) is 9.13. The van der Waals surface area contributed by atoms with Gasteiger partial charge in [0.2, 0.25) is 14.1 Å². The topological polar surface area (TPSA) is 140 Å². The number of benzene rings is 1. The zero-order chi connectivity index (χ0) is 34.9. The molecule has 10 nitrogen and oxygen atoms in total. The second kappa shape index (κ2) is 14.9. The fourth-order valence-electron chi connectivity index (χ4n) is 6.88. The molecular weight excluding hydrogens is 700 g/mol. The highest BCUT2D eigenvalue weighted by atomic mass is 35.5. The van der Waals surface area contributed by atoms with Crippen molar-refractivity contribution in [1.29, 1.82) is 0 Å². The lowest BCUT2D eigenvalue weighted by Gasteiger charge is -2.44. The van der Waals surface area contributed by atoms with Crippen molar-refractivity contribution in [3.8, 4) is 0 Å². The smallest absolute Gasteiger partial charge is 0.335 e. The SMILES string of the molecule is CNS(=O)(=O)O[C@@H]1C[C@H](Nc2ncncc2C(=O)c2cc([C@](C)(O)c3cccc(Cl)c3)c(Cl)s2)C[C@@H]1O[Si](C(C)C)(C(C)C)C(C)C. The number of rotatable bonds is 14. The van der Waals surface area contributed by atoms with E-state index in [0.29, 0.717) is 39.7 Å². The van der Waals surface area contributed by atoms with Crippen LogP contribution in [0.1, 0.15) is 87.7 Å². The van der Waals surface area contributed by atoms with E-state index in [1.54, 1.807) is 37.3 Å². The van der Waals surface area contributed by atoms with Gasteiger partial charge in [0.1, 0.15) is 23.9 Å². The molecule has 4 rings (SSSR count). The number of aliphatic hydroxyl groups is 1. The quantitative estimate of drug-likeness (QED) is 0.115. The minimum Gasteiger partial charge on any atom is -0.410 e. The van der Waals surface area contributed by atoms with Crippen molar-refractivity contribution in [2.24, 2.45) is 0 Å². The normalized spacial score (nSPS) is 20.3. The summed E-state index contributed by atoms with van der Waals surface area (Å²) >= 11 is 13.8. The van der Waals surface area contributed by atoms with Crippen molar-refractivity contribution >= 4 is 64.8 Å². The van der Waals surface area contributed by atoms with Crippen molar-refractivity contribution in [3.63, 3.8) is 0 Å². The van der Waals surface area contributed by atoms with Gasteiger partial charge in [0.05, 0.1) is 20.9 Å². The number of carbonyl (C=O) groups excluding carboxylic acids is 1. The number of hydrogen-bond donors (Lipinski definition) is 3. The molecule has 258 valence electrons. The van der Waals surface area contributed by atoms with E-state index in [1.165, 1.54) is 19.6 Å². The standard InChI is InChI=1S/C32H44Cl2N4O6S2Si/c1-18(2)47(19(3)4,20(5)6)44-27-14-23(13-26(27)43-46(41,42)35-8)38-31-24(16-36-17-37-31)29(39)28-15-25(30(34)45-28)32(7,40)21-10-9-11-22(33)12-21/h9-12,15-20,23,26-27,35,40H,13-14H2,1-8H3,(H,36,37,38)/t23-,26+,27-,32+/m0/s1. The summed E-state index contributed by atoms with van der Waals surface area (Å²) in [6, 6.07) is 8.09. The zero-order valence-corrected chi connectivity index (χ0v) is 32.0. The van der Waals surface area contributed by atoms with Crippen LogP contribution >= 0.6 is 34.5 Å². The third-order valence-corrected chi connectivity index (χ3v) is 17.8. The molecule has 2 heterocycles. The molecule has 3 N–H and O–H groups in total. The molecule has 1 aliphatic rings. The molecule has 0 radical (unpaired) electrons. The molecule has 1 aliphatic carbocycles. The molecule has 47 heavy (non-hydrogen) atoms. The van der Waals surface area contributed by atoms with Gasteiger partial charge in [0.25, 0.3) is 0 Å². The average Bonchev–Trinajstić information content (AvgIpc) is 3.57. The molecule has 1 saturated carbocycles. The molecule has 0 amide bonds. The fourth-order valence-corrected chi connectivity index (χ4v) is 14.7. The number of anilines is 1. The van der Waals surface area contributed by atoms with Gasteiger partial charge in [-0.15, -0.1) is 11.3 Å². The Morgan fingerprint density at radius 2 is 1.72 bits per heavy atom. The number of halogens is 2. The first kappa shape index (κ1) is 37.9. The van der Waals surface area contributed by atoms with Crippen LogP contribution in [0.3, 0.4) is 0 Å². The van der Waals surface area contributed by atoms with Crippen LogP contribution in [0.4, 0.5) is 5.82 Å². The van der Waals surface area contributed by atoms with E-state index < -0.39 is 36.4 Å². The van der Waals surface area contributed by atoms with Crippen LogP contribution in [0, 0.1) is 0 Å². The summed E-state index contributed by atoms with van der Waals surface area (Å²) in [5, 5.41) is 15.3. The van der Waals surface area contributed by atoms with E-state index in [9.17, 15) is 18.3 Å². The van der Waals surface area contributed by atoms with Crippen molar-refractivity contribution in [2.45, 2.75) is 102 Å². The highest BCUT2D eigenvalue weighted by Crippen LogP contribution is 2.46. The lowest BCUT2D eigenvalue weighted by atomic mass is 9.89. The van der Waals surface area contributed by atoms with Gasteiger partial charge in [-0.2, -0.15) is 13.1 Å². The number of hydrogen-bond acceptors (Lipinski definition) is 10. The van der Waals surface area contributed by atoms with Crippen LogP contribution in [0.25, 0.3) is 0 Å². The molecule has 3 aromatic rings. The first-order valence-corrected chi connectivity index (χ1v) is 20.7. The van der Waals surface area contributed by atoms with Crippen molar-refractivity contribution < 1.29 is 26.9 Å². The van der Waals surface area contributed by atoms with Crippen LogP contribution in [-0.2, 0) is 24.5 Å². The summed E-state index contributed by atoms with van der Waals surface area (Å²) in [5.41, 5.74) is 0.449. The van der Waals surface area contributed by atoms with Crippen molar-refractivity contribution in [1.82, 2.24) is 14.7 Å². The number of aromatic nitrogens is 2. The third kappa shape index (κ3) is 8.10.